The number of carbonyl (C=O) groups is 1. The second-order valence-corrected chi connectivity index (χ2v) is 9.55. The number of halogens is 3. The van der Waals surface area contributed by atoms with Crippen LogP contribution in [-0.4, -0.2) is 18.1 Å². The van der Waals surface area contributed by atoms with Crippen LogP contribution in [0.15, 0.2) is 0 Å². The Morgan fingerprint density at radius 2 is 1.52 bits per heavy atom. The van der Waals surface area contributed by atoms with Crippen LogP contribution >= 0.6 is 0 Å². The predicted molar refractivity (Wildman–Crippen MR) is 89.7 cm³/mol. The fourth-order valence-corrected chi connectivity index (χ4v) is 7.02. The maximum Gasteiger partial charge on any atom is 0.392 e. The zero-order valence-electron chi connectivity index (χ0n) is 15.1. The number of alkyl halides is 3. The molecule has 1 N–H and O–H groups in total. The molecule has 5 fully saturated rings. The van der Waals surface area contributed by atoms with Crippen molar-refractivity contribution >= 4 is 5.91 Å². The summed E-state index contributed by atoms with van der Waals surface area (Å²) in [5.41, 5.74) is 0.146. The second kappa shape index (κ2) is 6.16. The van der Waals surface area contributed by atoms with Crippen LogP contribution in [0, 0.1) is 35.0 Å². The van der Waals surface area contributed by atoms with Crippen LogP contribution in [0.5, 0.6) is 0 Å². The summed E-state index contributed by atoms with van der Waals surface area (Å²) in [5, 5.41) is 3.07. The fourth-order valence-electron chi connectivity index (χ4n) is 7.02. The van der Waals surface area contributed by atoms with Gasteiger partial charge in [-0.25, -0.2) is 0 Å². The summed E-state index contributed by atoms with van der Waals surface area (Å²) in [4.78, 5) is 12.7. The third-order valence-corrected chi connectivity index (χ3v) is 7.89. The third-order valence-electron chi connectivity index (χ3n) is 7.89. The van der Waals surface area contributed by atoms with Crippen molar-refractivity contribution in [3.8, 4) is 0 Å². The first-order valence-electron chi connectivity index (χ1n) is 10.1. The standard InChI is InChI=1S/C20H30F3NO/c1-12(19-9-13-6-14(10-19)8-15(7-13)11-19)24-18(25)16-4-2-3-5-17(16)20(21,22)23/h12-17H,2-11H2,1H3,(H,24,25)/t12-,13?,14?,15?,16-,17-,19?/m0/s1. The van der Waals surface area contributed by atoms with E-state index in [2.05, 4.69) is 12.2 Å². The van der Waals surface area contributed by atoms with Gasteiger partial charge in [-0.3, -0.25) is 4.79 Å². The highest BCUT2D eigenvalue weighted by Crippen LogP contribution is 2.61. The van der Waals surface area contributed by atoms with Gasteiger partial charge in [-0.2, -0.15) is 13.2 Å². The number of hydrogen-bond donors (Lipinski definition) is 1. The van der Waals surface area contributed by atoms with Gasteiger partial charge in [-0.15, -0.1) is 0 Å². The molecule has 25 heavy (non-hydrogen) atoms. The topological polar surface area (TPSA) is 29.1 Å². The van der Waals surface area contributed by atoms with Crippen LogP contribution in [-0.2, 0) is 4.79 Å². The van der Waals surface area contributed by atoms with E-state index in [1.807, 2.05) is 0 Å². The molecule has 3 atom stereocenters. The summed E-state index contributed by atoms with van der Waals surface area (Å²) in [7, 11) is 0. The van der Waals surface area contributed by atoms with Gasteiger partial charge in [-0.1, -0.05) is 12.8 Å². The van der Waals surface area contributed by atoms with E-state index in [0.717, 1.165) is 43.4 Å². The zero-order valence-corrected chi connectivity index (χ0v) is 15.1. The van der Waals surface area contributed by atoms with Crippen molar-refractivity contribution in [1.82, 2.24) is 5.32 Å². The molecule has 2 nitrogen and oxygen atoms in total. The predicted octanol–water partition coefficient (Wildman–Crippen LogP) is 5.08. The molecule has 5 aliphatic carbocycles. The highest BCUT2D eigenvalue weighted by Gasteiger charge is 2.54. The van der Waals surface area contributed by atoms with E-state index in [4.69, 9.17) is 0 Å². The molecular formula is C20H30F3NO. The normalized spacial score (nSPS) is 44.6. The van der Waals surface area contributed by atoms with Gasteiger partial charge in [0.15, 0.2) is 0 Å². The quantitative estimate of drug-likeness (QED) is 0.750. The van der Waals surface area contributed by atoms with E-state index in [-0.39, 0.29) is 23.8 Å². The van der Waals surface area contributed by atoms with E-state index in [9.17, 15) is 18.0 Å². The molecule has 0 spiro atoms. The van der Waals surface area contributed by atoms with Crippen molar-refractivity contribution in [2.24, 2.45) is 35.0 Å². The molecule has 0 aromatic heterocycles. The first kappa shape index (κ1) is 17.7. The van der Waals surface area contributed by atoms with Crippen molar-refractivity contribution in [2.75, 3.05) is 0 Å². The molecule has 5 aliphatic rings. The van der Waals surface area contributed by atoms with E-state index in [1.54, 1.807) is 0 Å². The van der Waals surface area contributed by atoms with Crippen molar-refractivity contribution in [3.05, 3.63) is 0 Å². The van der Waals surface area contributed by atoms with Crippen molar-refractivity contribution in [3.63, 3.8) is 0 Å². The number of amides is 1. The maximum absolute atomic E-state index is 13.3. The summed E-state index contributed by atoms with van der Waals surface area (Å²) >= 11 is 0. The molecular weight excluding hydrogens is 327 g/mol. The molecule has 0 radical (unpaired) electrons. The summed E-state index contributed by atoms with van der Waals surface area (Å²) < 4.78 is 40.0. The summed E-state index contributed by atoms with van der Waals surface area (Å²) in [6.45, 7) is 2.05. The average molecular weight is 357 g/mol. The lowest BCUT2D eigenvalue weighted by atomic mass is 9.48. The Hall–Kier alpha value is -0.740. The molecule has 142 valence electrons. The Kier molecular flexibility index (Phi) is 4.35. The van der Waals surface area contributed by atoms with Gasteiger partial charge in [0.2, 0.25) is 5.91 Å². The number of carbonyl (C=O) groups excluding carboxylic acids is 1. The van der Waals surface area contributed by atoms with Crippen molar-refractivity contribution in [2.45, 2.75) is 83.4 Å². The Bertz CT molecular complexity index is 494. The van der Waals surface area contributed by atoms with Crippen LogP contribution in [0.25, 0.3) is 0 Å². The molecule has 0 aromatic carbocycles. The van der Waals surface area contributed by atoms with Gasteiger partial charge < -0.3 is 5.32 Å². The maximum atomic E-state index is 13.3. The summed E-state index contributed by atoms with van der Waals surface area (Å²) in [6, 6.07) is 0.00390. The third kappa shape index (κ3) is 3.21. The van der Waals surface area contributed by atoms with Gasteiger partial charge in [0.25, 0.3) is 0 Å². The van der Waals surface area contributed by atoms with E-state index < -0.39 is 18.0 Å². The number of nitrogens with one attached hydrogen (secondary N) is 1. The molecule has 0 unspecified atom stereocenters. The second-order valence-electron chi connectivity index (χ2n) is 9.55. The molecule has 5 heteroatoms. The molecule has 5 rings (SSSR count). The van der Waals surface area contributed by atoms with Gasteiger partial charge >= 0.3 is 6.18 Å². The summed E-state index contributed by atoms with van der Waals surface area (Å²) in [6.07, 6.45) is 5.02. The Morgan fingerprint density at radius 1 is 1.00 bits per heavy atom. The zero-order chi connectivity index (χ0) is 17.8. The molecule has 4 bridgehead atoms. The Balaban J connectivity index is 1.45. The van der Waals surface area contributed by atoms with E-state index >= 15 is 0 Å². The Morgan fingerprint density at radius 3 is 2.04 bits per heavy atom. The monoisotopic (exact) mass is 357 g/mol. The van der Waals surface area contributed by atoms with Crippen LogP contribution in [0.1, 0.15) is 71.1 Å². The first-order chi connectivity index (χ1) is 11.8. The lowest BCUT2D eigenvalue weighted by Crippen LogP contribution is -2.57. The fraction of sp³-hybridized carbons (Fsp3) is 0.950. The van der Waals surface area contributed by atoms with Gasteiger partial charge in [0.05, 0.1) is 5.92 Å². The molecule has 5 saturated carbocycles. The minimum atomic E-state index is -4.26. The highest BCUT2D eigenvalue weighted by molar-refractivity contribution is 5.79. The SMILES string of the molecule is C[C@H](NC(=O)[C@H]1CCCC[C@@H]1C(F)(F)F)C12CC3CC(CC(C3)C1)C2. The van der Waals surface area contributed by atoms with Crippen LogP contribution in [0.3, 0.4) is 0 Å². The number of rotatable bonds is 3. The van der Waals surface area contributed by atoms with Crippen LogP contribution in [0.4, 0.5) is 13.2 Å². The minimum Gasteiger partial charge on any atom is -0.353 e. The lowest BCUT2D eigenvalue weighted by Gasteiger charge is -2.59. The average Bonchev–Trinajstić information content (AvgIpc) is 2.52. The molecule has 0 heterocycles. The largest absolute Gasteiger partial charge is 0.392 e. The smallest absolute Gasteiger partial charge is 0.353 e. The van der Waals surface area contributed by atoms with Crippen LogP contribution < -0.4 is 5.32 Å². The van der Waals surface area contributed by atoms with E-state index in [1.165, 1.54) is 19.3 Å². The Labute approximate surface area is 148 Å². The summed E-state index contributed by atoms with van der Waals surface area (Å²) in [5.74, 6) is -0.338. The number of hydrogen-bond acceptors (Lipinski definition) is 1. The van der Waals surface area contributed by atoms with Gasteiger partial charge in [0, 0.05) is 12.0 Å². The lowest BCUT2D eigenvalue weighted by molar-refractivity contribution is -0.198. The van der Waals surface area contributed by atoms with Crippen molar-refractivity contribution in [1.29, 1.82) is 0 Å². The van der Waals surface area contributed by atoms with Gasteiger partial charge in [0.1, 0.15) is 0 Å². The molecule has 1 amide bonds. The molecule has 0 aromatic rings. The minimum absolute atomic E-state index is 0.00390. The highest BCUT2D eigenvalue weighted by atomic mass is 19.4. The molecule has 0 saturated heterocycles. The first-order valence-corrected chi connectivity index (χ1v) is 10.1. The molecule has 0 aliphatic heterocycles. The van der Waals surface area contributed by atoms with Crippen LogP contribution in [0.2, 0.25) is 0 Å². The van der Waals surface area contributed by atoms with E-state index in [0.29, 0.717) is 12.8 Å². The van der Waals surface area contributed by atoms with Gasteiger partial charge in [-0.05, 0) is 81.5 Å². The van der Waals surface area contributed by atoms with Crippen molar-refractivity contribution < 1.29 is 18.0 Å².